The minimum atomic E-state index is -3.22. The average molecular weight is 265 g/mol. The summed E-state index contributed by atoms with van der Waals surface area (Å²) < 4.78 is 21.8. The molecule has 1 amide bonds. The lowest BCUT2D eigenvalue weighted by atomic mass is 9.81. The summed E-state index contributed by atoms with van der Waals surface area (Å²) in [5.74, 6) is -0.713. The van der Waals surface area contributed by atoms with Gasteiger partial charge in [-0.1, -0.05) is 27.7 Å². The van der Waals surface area contributed by atoms with Crippen LogP contribution in [-0.2, 0) is 14.6 Å². The van der Waals surface area contributed by atoms with Gasteiger partial charge in [0.05, 0.1) is 11.9 Å². The molecule has 2 atom stereocenters. The smallest absolute Gasteiger partial charge is 0.223 e. The first-order valence-electron chi connectivity index (χ1n) is 5.57. The number of carbonyl (C=O) groups is 1. The Morgan fingerprint density at radius 1 is 1.35 bits per heavy atom. The number of hydrogen-bond donors (Lipinski definition) is 2. The highest BCUT2D eigenvalue weighted by atomic mass is 32.2. The van der Waals surface area contributed by atoms with E-state index in [0.29, 0.717) is 0 Å². The van der Waals surface area contributed by atoms with E-state index in [2.05, 4.69) is 5.32 Å². The van der Waals surface area contributed by atoms with Gasteiger partial charge in [-0.15, -0.1) is 0 Å². The van der Waals surface area contributed by atoms with Crippen LogP contribution in [0.1, 0.15) is 27.7 Å². The molecule has 0 aliphatic rings. The number of aliphatic hydroxyl groups excluding tert-OH is 1. The predicted molar refractivity (Wildman–Crippen MR) is 67.3 cm³/mol. The van der Waals surface area contributed by atoms with E-state index in [1.165, 1.54) is 0 Å². The summed E-state index contributed by atoms with van der Waals surface area (Å²) in [4.78, 5) is 11.7. The van der Waals surface area contributed by atoms with Crippen LogP contribution in [0.15, 0.2) is 0 Å². The fourth-order valence-electron chi connectivity index (χ4n) is 1.17. The van der Waals surface area contributed by atoms with Crippen molar-refractivity contribution in [1.29, 1.82) is 0 Å². The summed E-state index contributed by atoms with van der Waals surface area (Å²) in [6, 6.07) is 0. The molecule has 102 valence electrons. The van der Waals surface area contributed by atoms with E-state index in [0.717, 1.165) is 6.26 Å². The largest absolute Gasteiger partial charge is 0.390 e. The maximum Gasteiger partial charge on any atom is 0.223 e. The number of hydrogen-bond acceptors (Lipinski definition) is 4. The molecule has 0 bridgehead atoms. The van der Waals surface area contributed by atoms with Crippen LogP contribution in [0.25, 0.3) is 0 Å². The highest BCUT2D eigenvalue weighted by Crippen LogP contribution is 2.25. The van der Waals surface area contributed by atoms with Crippen LogP contribution >= 0.6 is 0 Å². The molecule has 0 aromatic heterocycles. The average Bonchev–Trinajstić information content (AvgIpc) is 2.08. The molecule has 0 aliphatic heterocycles. The van der Waals surface area contributed by atoms with E-state index >= 15 is 0 Å². The fraction of sp³-hybridized carbons (Fsp3) is 0.909. The Labute approximate surface area is 104 Å². The second kappa shape index (κ2) is 5.82. The van der Waals surface area contributed by atoms with Gasteiger partial charge in [-0.05, 0) is 5.41 Å². The van der Waals surface area contributed by atoms with Crippen molar-refractivity contribution in [2.45, 2.75) is 33.8 Å². The third-order valence-corrected chi connectivity index (χ3v) is 3.69. The van der Waals surface area contributed by atoms with E-state index in [4.69, 9.17) is 0 Å². The number of sulfone groups is 1. The molecule has 5 nitrogen and oxygen atoms in total. The molecule has 0 saturated heterocycles. The first kappa shape index (κ1) is 16.4. The molecule has 0 aliphatic carbocycles. The first-order valence-corrected chi connectivity index (χ1v) is 7.63. The van der Waals surface area contributed by atoms with Crippen LogP contribution in [0, 0.1) is 11.3 Å². The second-order valence-corrected chi connectivity index (χ2v) is 7.76. The van der Waals surface area contributed by atoms with Gasteiger partial charge in [0.25, 0.3) is 0 Å². The second-order valence-electron chi connectivity index (χ2n) is 5.58. The van der Waals surface area contributed by atoms with Crippen molar-refractivity contribution >= 4 is 15.7 Å². The molecule has 0 fully saturated rings. The number of amides is 1. The maximum atomic E-state index is 11.7. The van der Waals surface area contributed by atoms with E-state index in [1.807, 2.05) is 20.8 Å². The van der Waals surface area contributed by atoms with Gasteiger partial charge < -0.3 is 10.4 Å². The summed E-state index contributed by atoms with van der Waals surface area (Å²) in [6.45, 7) is 7.61. The topological polar surface area (TPSA) is 83.5 Å². The zero-order valence-electron chi connectivity index (χ0n) is 11.1. The predicted octanol–water partition coefficient (Wildman–Crippen LogP) is 0.190. The molecular weight excluding hydrogens is 242 g/mol. The Bertz CT molecular complexity index is 356. The summed E-state index contributed by atoms with van der Waals surface area (Å²) in [5, 5.41) is 12.0. The van der Waals surface area contributed by atoms with Crippen molar-refractivity contribution in [2.75, 3.05) is 18.6 Å². The van der Waals surface area contributed by atoms with Crippen molar-refractivity contribution in [3.63, 3.8) is 0 Å². The van der Waals surface area contributed by atoms with Gasteiger partial charge >= 0.3 is 0 Å². The summed E-state index contributed by atoms with van der Waals surface area (Å²) in [6.07, 6.45) is -0.00311. The molecule has 0 rings (SSSR count). The molecule has 0 saturated carbocycles. The molecule has 0 aromatic rings. The number of carbonyl (C=O) groups excluding carboxylic acids is 1. The minimum absolute atomic E-state index is 0.0354. The Morgan fingerprint density at radius 3 is 2.18 bits per heavy atom. The third kappa shape index (κ3) is 7.33. The van der Waals surface area contributed by atoms with Crippen LogP contribution < -0.4 is 5.32 Å². The van der Waals surface area contributed by atoms with Gasteiger partial charge in [0.2, 0.25) is 5.91 Å². The third-order valence-electron chi connectivity index (χ3n) is 2.70. The fourth-order valence-corrected chi connectivity index (χ4v) is 1.99. The van der Waals surface area contributed by atoms with Crippen molar-refractivity contribution < 1.29 is 18.3 Å². The molecule has 17 heavy (non-hydrogen) atoms. The zero-order valence-corrected chi connectivity index (χ0v) is 12.0. The zero-order chi connectivity index (χ0) is 13.9. The SMILES string of the molecule is CC(C(=O)NCC(O)CS(C)(=O)=O)C(C)(C)C. The van der Waals surface area contributed by atoms with Crippen molar-refractivity contribution in [3.8, 4) is 0 Å². The maximum absolute atomic E-state index is 11.7. The van der Waals surface area contributed by atoms with Gasteiger partial charge in [0, 0.05) is 18.7 Å². The molecule has 2 unspecified atom stereocenters. The van der Waals surface area contributed by atoms with Crippen molar-refractivity contribution in [1.82, 2.24) is 5.32 Å². The highest BCUT2D eigenvalue weighted by Gasteiger charge is 2.27. The number of rotatable bonds is 5. The Kier molecular flexibility index (Phi) is 5.61. The summed E-state index contributed by atoms with van der Waals surface area (Å²) >= 11 is 0. The number of aliphatic hydroxyl groups is 1. The van der Waals surface area contributed by atoms with E-state index < -0.39 is 15.9 Å². The monoisotopic (exact) mass is 265 g/mol. The van der Waals surface area contributed by atoms with Gasteiger partial charge in [0.1, 0.15) is 9.84 Å². The molecule has 2 N–H and O–H groups in total. The Hall–Kier alpha value is -0.620. The van der Waals surface area contributed by atoms with Crippen LogP contribution in [0.2, 0.25) is 0 Å². The lowest BCUT2D eigenvalue weighted by Crippen LogP contribution is -2.41. The molecule has 0 spiro atoms. The molecule has 0 aromatic carbocycles. The summed E-state index contributed by atoms with van der Waals surface area (Å²) in [5.41, 5.74) is -0.161. The van der Waals surface area contributed by atoms with Crippen molar-refractivity contribution in [3.05, 3.63) is 0 Å². The van der Waals surface area contributed by atoms with Gasteiger partial charge in [-0.3, -0.25) is 4.79 Å². The molecule has 0 heterocycles. The number of nitrogens with one attached hydrogen (secondary N) is 1. The molecule has 0 radical (unpaired) electrons. The normalized spacial score (nSPS) is 16.4. The van der Waals surface area contributed by atoms with Crippen LogP contribution in [0.5, 0.6) is 0 Å². The van der Waals surface area contributed by atoms with Gasteiger partial charge in [-0.2, -0.15) is 0 Å². The minimum Gasteiger partial charge on any atom is -0.390 e. The van der Waals surface area contributed by atoms with E-state index in [1.54, 1.807) is 6.92 Å². The van der Waals surface area contributed by atoms with Gasteiger partial charge in [-0.25, -0.2) is 8.42 Å². The van der Waals surface area contributed by atoms with E-state index in [-0.39, 0.29) is 29.5 Å². The first-order chi connectivity index (χ1) is 7.43. The lowest BCUT2D eigenvalue weighted by Gasteiger charge is -2.26. The summed E-state index contributed by atoms with van der Waals surface area (Å²) in [7, 11) is -3.22. The lowest BCUT2D eigenvalue weighted by molar-refractivity contribution is -0.127. The van der Waals surface area contributed by atoms with Crippen LogP contribution in [0.4, 0.5) is 0 Å². The van der Waals surface area contributed by atoms with Crippen LogP contribution in [-0.4, -0.2) is 44.1 Å². The highest BCUT2D eigenvalue weighted by molar-refractivity contribution is 7.90. The van der Waals surface area contributed by atoms with Crippen LogP contribution in [0.3, 0.4) is 0 Å². The Morgan fingerprint density at radius 2 is 1.82 bits per heavy atom. The molecular formula is C11H23NO4S. The van der Waals surface area contributed by atoms with E-state index in [9.17, 15) is 18.3 Å². The van der Waals surface area contributed by atoms with Gasteiger partial charge in [0.15, 0.2) is 0 Å². The molecule has 6 heteroatoms. The standard InChI is InChI=1S/C11H23NO4S/c1-8(11(2,3)4)10(14)12-6-9(13)7-17(5,15)16/h8-9,13H,6-7H2,1-5H3,(H,12,14). The van der Waals surface area contributed by atoms with Crippen molar-refractivity contribution in [2.24, 2.45) is 11.3 Å². The quantitative estimate of drug-likeness (QED) is 0.743. The Balaban J connectivity index is 4.18.